The van der Waals surface area contributed by atoms with Crippen molar-refractivity contribution in [3.8, 4) is 0 Å². The van der Waals surface area contributed by atoms with E-state index in [0.29, 0.717) is 12.5 Å². The number of aromatic nitrogens is 1. The van der Waals surface area contributed by atoms with E-state index in [0.717, 1.165) is 24.5 Å². The molecule has 1 fully saturated rings. The summed E-state index contributed by atoms with van der Waals surface area (Å²) in [5.41, 5.74) is 6.86. The molecule has 0 unspecified atom stereocenters. The number of anilines is 1. The minimum absolute atomic E-state index is 0. The third-order valence-electron chi connectivity index (χ3n) is 3.17. The Morgan fingerprint density at radius 3 is 2.52 bits per heavy atom. The molecule has 6 heteroatoms. The average molecular weight is 403 g/mol. The lowest BCUT2D eigenvalue weighted by Crippen LogP contribution is -2.44. The van der Waals surface area contributed by atoms with E-state index in [1.807, 2.05) is 6.20 Å². The Kier molecular flexibility index (Phi) is 6.70. The van der Waals surface area contributed by atoms with Crippen LogP contribution in [0.25, 0.3) is 0 Å². The zero-order valence-corrected chi connectivity index (χ0v) is 15.4. The summed E-state index contributed by atoms with van der Waals surface area (Å²) in [6.45, 7) is 8.97. The Morgan fingerprint density at radius 2 is 2.00 bits per heavy atom. The van der Waals surface area contributed by atoms with Crippen LogP contribution in [0.15, 0.2) is 23.3 Å². The van der Waals surface area contributed by atoms with Gasteiger partial charge in [-0.15, -0.1) is 24.0 Å². The van der Waals surface area contributed by atoms with E-state index in [1.54, 1.807) is 0 Å². The number of nitrogens with two attached hydrogens (primary N) is 1. The molecule has 0 bridgehead atoms. The summed E-state index contributed by atoms with van der Waals surface area (Å²) in [7, 11) is 0. The van der Waals surface area contributed by atoms with Crippen molar-refractivity contribution < 1.29 is 0 Å². The average Bonchev–Trinajstić information content (AvgIpc) is 2.89. The zero-order valence-electron chi connectivity index (χ0n) is 13.1. The van der Waals surface area contributed by atoms with Crippen LogP contribution in [0.5, 0.6) is 0 Å². The number of hydrogen-bond acceptors (Lipinski definition) is 3. The Bertz CT molecular complexity index is 458. The van der Waals surface area contributed by atoms with Crippen molar-refractivity contribution in [3.63, 3.8) is 0 Å². The first kappa shape index (κ1) is 18.0. The van der Waals surface area contributed by atoms with Crippen LogP contribution in [-0.4, -0.2) is 29.6 Å². The molecule has 0 saturated carbocycles. The standard InChI is InChI=1S/C15H25N5.HI/c1-15(2,3)19-14(16)18-11-12-6-7-13(17-10-12)20-8-4-5-9-20;/h6-7,10H,4-5,8-9,11H2,1-3H3,(H3,16,18,19);1H. The van der Waals surface area contributed by atoms with Crippen LogP contribution in [0.4, 0.5) is 5.82 Å². The highest BCUT2D eigenvalue weighted by Crippen LogP contribution is 2.17. The number of nitrogens with zero attached hydrogens (tertiary/aromatic N) is 3. The smallest absolute Gasteiger partial charge is 0.189 e. The molecule has 2 rings (SSSR count). The molecule has 2 heterocycles. The summed E-state index contributed by atoms with van der Waals surface area (Å²) in [6, 6.07) is 4.15. The second-order valence-corrected chi connectivity index (χ2v) is 6.30. The minimum Gasteiger partial charge on any atom is -0.370 e. The van der Waals surface area contributed by atoms with Crippen molar-refractivity contribution in [1.82, 2.24) is 10.3 Å². The van der Waals surface area contributed by atoms with Crippen LogP contribution in [0, 0.1) is 0 Å². The third-order valence-corrected chi connectivity index (χ3v) is 3.17. The molecule has 0 amide bonds. The van der Waals surface area contributed by atoms with Crippen LogP contribution >= 0.6 is 24.0 Å². The first-order valence-electron chi connectivity index (χ1n) is 7.22. The molecule has 118 valence electrons. The Morgan fingerprint density at radius 1 is 1.33 bits per heavy atom. The van der Waals surface area contributed by atoms with Gasteiger partial charge in [-0.25, -0.2) is 9.98 Å². The number of aliphatic imine (C=N–C) groups is 1. The molecule has 0 aliphatic carbocycles. The van der Waals surface area contributed by atoms with Gasteiger partial charge in [0.25, 0.3) is 0 Å². The quantitative estimate of drug-likeness (QED) is 0.463. The fraction of sp³-hybridized carbons (Fsp3) is 0.600. The van der Waals surface area contributed by atoms with Crippen molar-refractivity contribution >= 4 is 35.8 Å². The minimum atomic E-state index is -0.0640. The largest absolute Gasteiger partial charge is 0.370 e. The Balaban J connectivity index is 0.00000220. The van der Waals surface area contributed by atoms with Gasteiger partial charge < -0.3 is 16.0 Å². The highest BCUT2D eigenvalue weighted by molar-refractivity contribution is 14.0. The number of nitrogens with one attached hydrogen (secondary N) is 1. The Labute approximate surface area is 144 Å². The van der Waals surface area contributed by atoms with E-state index >= 15 is 0 Å². The predicted octanol–water partition coefficient (Wildman–Crippen LogP) is 2.50. The maximum Gasteiger partial charge on any atom is 0.189 e. The van der Waals surface area contributed by atoms with Gasteiger partial charge in [-0.05, 0) is 45.2 Å². The summed E-state index contributed by atoms with van der Waals surface area (Å²) in [5.74, 6) is 1.54. The number of pyridine rings is 1. The van der Waals surface area contributed by atoms with Gasteiger partial charge in [-0.1, -0.05) is 6.07 Å². The van der Waals surface area contributed by atoms with Crippen LogP contribution in [-0.2, 0) is 6.54 Å². The van der Waals surface area contributed by atoms with Gasteiger partial charge in [0.05, 0.1) is 6.54 Å². The van der Waals surface area contributed by atoms with Gasteiger partial charge in [0, 0.05) is 24.8 Å². The maximum atomic E-state index is 5.85. The normalized spacial score (nSPS) is 15.8. The number of halogens is 1. The molecule has 0 spiro atoms. The molecule has 5 nitrogen and oxygen atoms in total. The lowest BCUT2D eigenvalue weighted by molar-refractivity contribution is 0.508. The second kappa shape index (κ2) is 7.82. The van der Waals surface area contributed by atoms with Gasteiger partial charge in [-0.3, -0.25) is 0 Å². The third kappa shape index (κ3) is 6.07. The number of hydrogen-bond donors (Lipinski definition) is 2. The van der Waals surface area contributed by atoms with Crippen LogP contribution in [0.1, 0.15) is 39.2 Å². The highest BCUT2D eigenvalue weighted by atomic mass is 127. The zero-order chi connectivity index (χ0) is 14.6. The van der Waals surface area contributed by atoms with E-state index in [-0.39, 0.29) is 29.5 Å². The monoisotopic (exact) mass is 403 g/mol. The number of guanidine groups is 1. The highest BCUT2D eigenvalue weighted by Gasteiger charge is 2.13. The fourth-order valence-corrected chi connectivity index (χ4v) is 2.24. The Hall–Kier alpha value is -1.05. The second-order valence-electron chi connectivity index (χ2n) is 6.30. The molecule has 0 radical (unpaired) electrons. The van der Waals surface area contributed by atoms with Crippen molar-refractivity contribution in [1.29, 1.82) is 0 Å². The fourth-order valence-electron chi connectivity index (χ4n) is 2.24. The topological polar surface area (TPSA) is 66.5 Å². The van der Waals surface area contributed by atoms with Crippen molar-refractivity contribution in [3.05, 3.63) is 23.9 Å². The predicted molar refractivity (Wildman–Crippen MR) is 99.3 cm³/mol. The molecule has 21 heavy (non-hydrogen) atoms. The molecule has 1 aromatic rings. The van der Waals surface area contributed by atoms with Crippen molar-refractivity contribution in [2.75, 3.05) is 18.0 Å². The summed E-state index contributed by atoms with van der Waals surface area (Å²) in [5, 5.41) is 3.14. The van der Waals surface area contributed by atoms with Gasteiger partial charge in [-0.2, -0.15) is 0 Å². The first-order chi connectivity index (χ1) is 9.44. The van der Waals surface area contributed by atoms with Crippen molar-refractivity contribution in [2.45, 2.75) is 45.7 Å². The summed E-state index contributed by atoms with van der Waals surface area (Å²) in [4.78, 5) is 11.2. The van der Waals surface area contributed by atoms with Gasteiger partial charge >= 0.3 is 0 Å². The van der Waals surface area contributed by atoms with Crippen LogP contribution < -0.4 is 16.0 Å². The van der Waals surface area contributed by atoms with Crippen molar-refractivity contribution in [2.24, 2.45) is 10.7 Å². The lowest BCUT2D eigenvalue weighted by atomic mass is 10.1. The van der Waals surface area contributed by atoms with E-state index in [2.05, 4.69) is 53.1 Å². The molecule has 1 aromatic heterocycles. The summed E-state index contributed by atoms with van der Waals surface area (Å²) in [6.07, 6.45) is 4.42. The van der Waals surface area contributed by atoms with E-state index in [9.17, 15) is 0 Å². The van der Waals surface area contributed by atoms with Gasteiger partial charge in [0.15, 0.2) is 5.96 Å². The number of rotatable bonds is 3. The van der Waals surface area contributed by atoms with E-state index in [1.165, 1.54) is 12.8 Å². The van der Waals surface area contributed by atoms with E-state index in [4.69, 9.17) is 5.73 Å². The summed E-state index contributed by atoms with van der Waals surface area (Å²) < 4.78 is 0. The molecule has 3 N–H and O–H groups in total. The maximum absolute atomic E-state index is 5.85. The molecule has 1 saturated heterocycles. The van der Waals surface area contributed by atoms with Gasteiger partial charge in [0.2, 0.25) is 0 Å². The van der Waals surface area contributed by atoms with Crippen LogP contribution in [0.3, 0.4) is 0 Å². The molecular weight excluding hydrogens is 377 g/mol. The first-order valence-corrected chi connectivity index (χ1v) is 7.22. The van der Waals surface area contributed by atoms with Crippen LogP contribution in [0.2, 0.25) is 0 Å². The molecule has 1 aliphatic rings. The molecule has 0 aromatic carbocycles. The molecule has 0 atom stereocenters. The van der Waals surface area contributed by atoms with Gasteiger partial charge in [0.1, 0.15) is 5.82 Å². The lowest BCUT2D eigenvalue weighted by Gasteiger charge is -2.21. The SMILES string of the molecule is CC(C)(C)NC(N)=NCc1ccc(N2CCCC2)nc1.I. The van der Waals surface area contributed by atoms with E-state index < -0.39 is 0 Å². The molecule has 1 aliphatic heterocycles. The molecular formula is C15H26IN5. The summed E-state index contributed by atoms with van der Waals surface area (Å²) >= 11 is 0.